The van der Waals surface area contributed by atoms with Crippen LogP contribution in [-0.4, -0.2) is 32.5 Å². The van der Waals surface area contributed by atoms with E-state index in [1.54, 1.807) is 13.8 Å². The SMILES string of the molecule is CNC(CCCCS(=O)(=O)C(C)C)C(C)C. The number of nitrogens with one attached hydrogen (secondary N) is 1. The van der Waals surface area contributed by atoms with Gasteiger partial charge in [0.2, 0.25) is 0 Å². The molecule has 0 saturated carbocycles. The molecule has 0 aromatic carbocycles. The Morgan fingerprint density at radius 2 is 1.62 bits per heavy atom. The molecule has 0 aliphatic rings. The fourth-order valence-electron chi connectivity index (χ4n) is 1.71. The number of hydrogen-bond acceptors (Lipinski definition) is 3. The van der Waals surface area contributed by atoms with E-state index in [9.17, 15) is 8.42 Å². The molecule has 3 nitrogen and oxygen atoms in total. The predicted molar refractivity (Wildman–Crippen MR) is 70.5 cm³/mol. The van der Waals surface area contributed by atoms with Crippen molar-refractivity contribution in [3.8, 4) is 0 Å². The maximum atomic E-state index is 11.6. The minimum atomic E-state index is -2.84. The molecule has 0 aliphatic carbocycles. The fourth-order valence-corrected chi connectivity index (χ4v) is 2.79. The fraction of sp³-hybridized carbons (Fsp3) is 1.00. The summed E-state index contributed by atoms with van der Waals surface area (Å²) in [5.74, 6) is 0.936. The van der Waals surface area contributed by atoms with Gasteiger partial charge in [-0.25, -0.2) is 8.42 Å². The van der Waals surface area contributed by atoms with Gasteiger partial charge in [0.15, 0.2) is 9.84 Å². The normalized spacial score (nSPS) is 14.7. The molecule has 0 aliphatic heterocycles. The van der Waals surface area contributed by atoms with E-state index in [1.165, 1.54) is 0 Å². The van der Waals surface area contributed by atoms with Gasteiger partial charge in [-0.1, -0.05) is 20.3 Å². The van der Waals surface area contributed by atoms with Crippen molar-refractivity contribution in [2.45, 2.75) is 58.2 Å². The van der Waals surface area contributed by atoms with E-state index in [2.05, 4.69) is 19.2 Å². The van der Waals surface area contributed by atoms with E-state index in [1.807, 2.05) is 7.05 Å². The van der Waals surface area contributed by atoms with Crippen molar-refractivity contribution >= 4 is 9.84 Å². The molecule has 0 rings (SSSR count). The first-order valence-electron chi connectivity index (χ1n) is 6.20. The van der Waals surface area contributed by atoms with Crippen LogP contribution in [0.3, 0.4) is 0 Å². The van der Waals surface area contributed by atoms with Crippen LogP contribution in [0.25, 0.3) is 0 Å². The molecule has 4 heteroatoms. The van der Waals surface area contributed by atoms with Crippen molar-refractivity contribution in [1.82, 2.24) is 5.32 Å². The quantitative estimate of drug-likeness (QED) is 0.671. The summed E-state index contributed by atoms with van der Waals surface area (Å²) in [7, 11) is -0.876. The van der Waals surface area contributed by atoms with Crippen LogP contribution in [0.4, 0.5) is 0 Å². The third-order valence-corrected chi connectivity index (χ3v) is 5.38. The van der Waals surface area contributed by atoms with Crippen molar-refractivity contribution in [3.05, 3.63) is 0 Å². The first kappa shape index (κ1) is 15.9. The minimum absolute atomic E-state index is 0.238. The molecule has 16 heavy (non-hydrogen) atoms. The molecule has 0 saturated heterocycles. The van der Waals surface area contributed by atoms with Crippen LogP contribution >= 0.6 is 0 Å². The second kappa shape index (κ2) is 7.28. The van der Waals surface area contributed by atoms with E-state index < -0.39 is 9.84 Å². The van der Waals surface area contributed by atoms with Crippen molar-refractivity contribution in [2.24, 2.45) is 5.92 Å². The topological polar surface area (TPSA) is 46.2 Å². The highest BCUT2D eigenvalue weighted by Gasteiger charge is 2.16. The molecule has 0 radical (unpaired) electrons. The van der Waals surface area contributed by atoms with Gasteiger partial charge in [-0.05, 0) is 39.7 Å². The molecular weight excluding hydrogens is 222 g/mol. The Kier molecular flexibility index (Phi) is 7.24. The highest BCUT2D eigenvalue weighted by atomic mass is 32.2. The number of rotatable bonds is 8. The van der Waals surface area contributed by atoms with Crippen LogP contribution < -0.4 is 5.32 Å². The van der Waals surface area contributed by atoms with Crippen LogP contribution in [0.1, 0.15) is 47.0 Å². The van der Waals surface area contributed by atoms with Crippen molar-refractivity contribution < 1.29 is 8.42 Å². The molecule has 0 bridgehead atoms. The van der Waals surface area contributed by atoms with Crippen LogP contribution in [-0.2, 0) is 9.84 Å². The second-order valence-electron chi connectivity index (χ2n) is 5.05. The summed E-state index contributed by atoms with van der Waals surface area (Å²) in [5.41, 5.74) is 0. The molecule has 0 heterocycles. The second-order valence-corrected chi connectivity index (χ2v) is 7.73. The smallest absolute Gasteiger partial charge is 0.152 e. The molecule has 0 amide bonds. The van der Waals surface area contributed by atoms with Gasteiger partial charge < -0.3 is 5.32 Å². The molecule has 1 N–H and O–H groups in total. The third-order valence-electron chi connectivity index (χ3n) is 3.09. The molecule has 98 valence electrons. The summed E-state index contributed by atoms with van der Waals surface area (Å²) in [4.78, 5) is 0. The summed E-state index contributed by atoms with van der Waals surface area (Å²) < 4.78 is 23.1. The van der Waals surface area contributed by atoms with Gasteiger partial charge in [0.25, 0.3) is 0 Å². The lowest BCUT2D eigenvalue weighted by atomic mass is 9.99. The Morgan fingerprint density at radius 1 is 1.06 bits per heavy atom. The van der Waals surface area contributed by atoms with Gasteiger partial charge in [-0.2, -0.15) is 0 Å². The summed E-state index contributed by atoms with van der Waals surface area (Å²) in [6.45, 7) is 7.87. The zero-order chi connectivity index (χ0) is 12.8. The van der Waals surface area contributed by atoms with Crippen molar-refractivity contribution in [1.29, 1.82) is 0 Å². The lowest BCUT2D eigenvalue weighted by molar-refractivity contribution is 0.392. The first-order chi connectivity index (χ1) is 7.31. The molecule has 1 atom stereocenters. The Labute approximate surface area is 101 Å². The van der Waals surface area contributed by atoms with Gasteiger partial charge in [0, 0.05) is 6.04 Å². The Morgan fingerprint density at radius 3 is 2.00 bits per heavy atom. The average molecular weight is 249 g/mol. The molecule has 0 aromatic heterocycles. The molecular formula is C12H27NO2S. The molecule has 0 aromatic rings. The van der Waals surface area contributed by atoms with Crippen molar-refractivity contribution in [3.63, 3.8) is 0 Å². The van der Waals surface area contributed by atoms with Crippen LogP contribution in [0.2, 0.25) is 0 Å². The van der Waals surface area contributed by atoms with Crippen LogP contribution in [0.15, 0.2) is 0 Å². The lowest BCUT2D eigenvalue weighted by Crippen LogP contribution is -2.30. The van der Waals surface area contributed by atoms with E-state index in [0.29, 0.717) is 17.7 Å². The number of hydrogen-bond donors (Lipinski definition) is 1. The maximum absolute atomic E-state index is 11.6. The van der Waals surface area contributed by atoms with Crippen LogP contribution in [0, 0.1) is 5.92 Å². The number of sulfone groups is 1. The van der Waals surface area contributed by atoms with Crippen LogP contribution in [0.5, 0.6) is 0 Å². The van der Waals surface area contributed by atoms with E-state index in [4.69, 9.17) is 0 Å². The minimum Gasteiger partial charge on any atom is -0.317 e. The summed E-state index contributed by atoms with van der Waals surface area (Å²) >= 11 is 0. The van der Waals surface area contributed by atoms with E-state index in [0.717, 1.165) is 19.3 Å². The predicted octanol–water partition coefficient (Wildman–Crippen LogP) is 2.22. The van der Waals surface area contributed by atoms with Gasteiger partial charge in [-0.3, -0.25) is 0 Å². The summed E-state index contributed by atoms with van der Waals surface area (Å²) in [6, 6.07) is 0.502. The molecule has 0 fully saturated rings. The summed E-state index contributed by atoms with van der Waals surface area (Å²) in [5, 5.41) is 3.03. The van der Waals surface area contributed by atoms with Gasteiger partial charge in [-0.15, -0.1) is 0 Å². The maximum Gasteiger partial charge on any atom is 0.152 e. The average Bonchev–Trinajstić information content (AvgIpc) is 2.16. The molecule has 0 spiro atoms. The highest BCUT2D eigenvalue weighted by Crippen LogP contribution is 2.11. The monoisotopic (exact) mass is 249 g/mol. The zero-order valence-corrected chi connectivity index (χ0v) is 12.1. The summed E-state index contributed by atoms with van der Waals surface area (Å²) in [6.07, 6.45) is 2.82. The zero-order valence-electron chi connectivity index (χ0n) is 11.3. The third kappa shape index (κ3) is 5.85. The van der Waals surface area contributed by atoms with Crippen molar-refractivity contribution in [2.75, 3.05) is 12.8 Å². The lowest BCUT2D eigenvalue weighted by Gasteiger charge is -2.19. The Balaban J connectivity index is 3.84. The Hall–Kier alpha value is -0.0900. The standard InChI is InChI=1S/C12H27NO2S/c1-10(2)12(13-5)8-6-7-9-16(14,15)11(3)4/h10-13H,6-9H2,1-5H3. The van der Waals surface area contributed by atoms with Gasteiger partial charge in [0.1, 0.15) is 0 Å². The van der Waals surface area contributed by atoms with Gasteiger partial charge >= 0.3 is 0 Å². The van der Waals surface area contributed by atoms with E-state index in [-0.39, 0.29) is 5.25 Å². The van der Waals surface area contributed by atoms with Gasteiger partial charge in [0.05, 0.1) is 11.0 Å². The Bertz CT molecular complexity index is 271. The number of unbranched alkanes of at least 4 members (excludes halogenated alkanes) is 1. The first-order valence-corrected chi connectivity index (χ1v) is 7.91. The largest absolute Gasteiger partial charge is 0.317 e. The van der Waals surface area contributed by atoms with E-state index >= 15 is 0 Å². The molecule has 1 unspecified atom stereocenters. The highest BCUT2D eigenvalue weighted by molar-refractivity contribution is 7.91.